The maximum Gasteiger partial charge on any atom is 0.0735 e. The van der Waals surface area contributed by atoms with E-state index in [-0.39, 0.29) is 17.7 Å². The van der Waals surface area contributed by atoms with E-state index in [2.05, 4.69) is 27.7 Å². The fraction of sp³-hybridized carbons (Fsp3) is 1.00. The minimum absolute atomic E-state index is 0.0591. The van der Waals surface area contributed by atoms with Crippen LogP contribution < -0.4 is 5.73 Å². The third kappa shape index (κ3) is 4.52. The lowest BCUT2D eigenvalue weighted by molar-refractivity contribution is -0.0901. The first-order valence-electron chi connectivity index (χ1n) is 6.35. The van der Waals surface area contributed by atoms with Crippen LogP contribution in [0.15, 0.2) is 0 Å². The van der Waals surface area contributed by atoms with E-state index in [9.17, 15) is 0 Å². The summed E-state index contributed by atoms with van der Waals surface area (Å²) < 4.78 is 6.04. The molecule has 1 fully saturated rings. The number of hydrogen-bond acceptors (Lipinski definition) is 2. The predicted octanol–water partition coefficient (Wildman–Crippen LogP) is 3.10. The van der Waals surface area contributed by atoms with Crippen LogP contribution in [0.3, 0.4) is 0 Å². The molecule has 0 radical (unpaired) electrons. The van der Waals surface area contributed by atoms with Crippen molar-refractivity contribution in [2.24, 2.45) is 11.7 Å². The molecule has 1 aliphatic rings. The van der Waals surface area contributed by atoms with E-state index in [0.717, 1.165) is 18.8 Å². The smallest absolute Gasteiger partial charge is 0.0735 e. The zero-order valence-corrected chi connectivity index (χ0v) is 10.8. The van der Waals surface area contributed by atoms with Crippen LogP contribution in [-0.2, 0) is 4.74 Å². The van der Waals surface area contributed by atoms with Crippen LogP contribution in [0, 0.1) is 5.92 Å². The van der Waals surface area contributed by atoms with E-state index in [1.54, 1.807) is 0 Å². The summed E-state index contributed by atoms with van der Waals surface area (Å²) in [7, 11) is 0. The lowest BCUT2D eigenvalue weighted by Gasteiger charge is -2.38. The molecule has 1 rings (SSSR count). The Morgan fingerprint density at radius 3 is 2.47 bits per heavy atom. The lowest BCUT2D eigenvalue weighted by atomic mass is 9.81. The summed E-state index contributed by atoms with van der Waals surface area (Å²) in [4.78, 5) is 0. The Labute approximate surface area is 94.6 Å². The molecule has 15 heavy (non-hydrogen) atoms. The van der Waals surface area contributed by atoms with Crippen LogP contribution in [-0.4, -0.2) is 17.7 Å². The van der Waals surface area contributed by atoms with Crippen molar-refractivity contribution in [3.63, 3.8) is 0 Å². The Kier molecular flexibility index (Phi) is 4.60. The fourth-order valence-corrected chi connectivity index (χ4v) is 2.50. The fourth-order valence-electron chi connectivity index (χ4n) is 2.50. The maximum absolute atomic E-state index is 6.12. The van der Waals surface area contributed by atoms with Crippen molar-refractivity contribution in [3.8, 4) is 0 Å². The van der Waals surface area contributed by atoms with Gasteiger partial charge in [0.15, 0.2) is 0 Å². The quantitative estimate of drug-likeness (QED) is 0.782. The summed E-state index contributed by atoms with van der Waals surface area (Å²) in [6.45, 7) is 8.60. The molecule has 2 nitrogen and oxygen atoms in total. The SMILES string of the molecule is CCCC1CCC(N)C(OC(C)(C)C)C1. The molecule has 0 aromatic heterocycles. The van der Waals surface area contributed by atoms with E-state index in [1.807, 2.05) is 0 Å². The van der Waals surface area contributed by atoms with Gasteiger partial charge in [-0.2, -0.15) is 0 Å². The third-order valence-electron chi connectivity index (χ3n) is 3.15. The third-order valence-corrected chi connectivity index (χ3v) is 3.15. The highest BCUT2D eigenvalue weighted by atomic mass is 16.5. The number of ether oxygens (including phenoxy) is 1. The molecule has 0 spiro atoms. The lowest BCUT2D eigenvalue weighted by Crippen LogP contribution is -2.45. The highest BCUT2D eigenvalue weighted by molar-refractivity contribution is 4.85. The van der Waals surface area contributed by atoms with Gasteiger partial charge in [-0.25, -0.2) is 0 Å². The Morgan fingerprint density at radius 2 is 1.93 bits per heavy atom. The van der Waals surface area contributed by atoms with Gasteiger partial charge in [-0.15, -0.1) is 0 Å². The van der Waals surface area contributed by atoms with Gasteiger partial charge in [-0.3, -0.25) is 0 Å². The zero-order valence-electron chi connectivity index (χ0n) is 10.8. The molecule has 0 bridgehead atoms. The number of rotatable bonds is 3. The van der Waals surface area contributed by atoms with Crippen LogP contribution >= 0.6 is 0 Å². The summed E-state index contributed by atoms with van der Waals surface area (Å²) >= 11 is 0. The Morgan fingerprint density at radius 1 is 1.27 bits per heavy atom. The molecule has 1 saturated carbocycles. The molecule has 3 atom stereocenters. The minimum atomic E-state index is -0.0591. The Bertz CT molecular complexity index is 185. The summed E-state index contributed by atoms with van der Waals surface area (Å²) in [6.07, 6.45) is 6.46. The van der Waals surface area contributed by atoms with Gasteiger partial charge >= 0.3 is 0 Å². The van der Waals surface area contributed by atoms with Crippen molar-refractivity contribution in [1.29, 1.82) is 0 Å². The molecular formula is C13H27NO. The molecular weight excluding hydrogens is 186 g/mol. The van der Waals surface area contributed by atoms with E-state index < -0.39 is 0 Å². The minimum Gasteiger partial charge on any atom is -0.371 e. The second-order valence-corrected chi connectivity index (χ2v) is 5.90. The molecule has 1 aliphatic carbocycles. The van der Waals surface area contributed by atoms with Crippen molar-refractivity contribution in [2.75, 3.05) is 0 Å². The van der Waals surface area contributed by atoms with Gasteiger partial charge in [0.2, 0.25) is 0 Å². The van der Waals surface area contributed by atoms with Gasteiger partial charge < -0.3 is 10.5 Å². The number of hydrogen-bond donors (Lipinski definition) is 1. The summed E-state index contributed by atoms with van der Waals surface area (Å²) in [5.41, 5.74) is 6.06. The standard InChI is InChI=1S/C13H27NO/c1-5-6-10-7-8-11(14)12(9-10)15-13(2,3)4/h10-12H,5-9,14H2,1-4H3. The van der Waals surface area contributed by atoms with Crippen LogP contribution in [0.2, 0.25) is 0 Å². The number of nitrogens with two attached hydrogens (primary N) is 1. The normalized spacial score (nSPS) is 33.0. The van der Waals surface area contributed by atoms with Gasteiger partial charge in [0, 0.05) is 6.04 Å². The average molecular weight is 213 g/mol. The van der Waals surface area contributed by atoms with Crippen LogP contribution in [0.4, 0.5) is 0 Å². The van der Waals surface area contributed by atoms with Crippen LogP contribution in [0.25, 0.3) is 0 Å². The Hall–Kier alpha value is -0.0800. The van der Waals surface area contributed by atoms with E-state index in [4.69, 9.17) is 10.5 Å². The molecule has 0 saturated heterocycles. The molecule has 0 heterocycles. The molecule has 0 aromatic carbocycles. The van der Waals surface area contributed by atoms with Crippen molar-refractivity contribution < 1.29 is 4.74 Å². The van der Waals surface area contributed by atoms with Gasteiger partial charge in [-0.1, -0.05) is 19.8 Å². The molecule has 0 aliphatic heterocycles. The van der Waals surface area contributed by atoms with Crippen molar-refractivity contribution in [2.45, 2.75) is 77.5 Å². The second kappa shape index (κ2) is 5.31. The first-order chi connectivity index (χ1) is 6.92. The first-order valence-corrected chi connectivity index (χ1v) is 6.35. The summed E-state index contributed by atoms with van der Waals surface area (Å²) in [6, 6.07) is 0.248. The highest BCUT2D eigenvalue weighted by Gasteiger charge is 2.31. The molecule has 3 unspecified atom stereocenters. The monoisotopic (exact) mass is 213 g/mol. The van der Waals surface area contributed by atoms with Gasteiger partial charge in [0.05, 0.1) is 11.7 Å². The summed E-state index contributed by atoms with van der Waals surface area (Å²) in [5.74, 6) is 0.835. The average Bonchev–Trinajstić information content (AvgIpc) is 2.09. The first kappa shape index (κ1) is 13.0. The van der Waals surface area contributed by atoms with Crippen molar-refractivity contribution >= 4 is 0 Å². The van der Waals surface area contributed by atoms with Gasteiger partial charge in [0.1, 0.15) is 0 Å². The van der Waals surface area contributed by atoms with Crippen molar-refractivity contribution in [1.82, 2.24) is 0 Å². The van der Waals surface area contributed by atoms with E-state index in [1.165, 1.54) is 19.3 Å². The molecule has 0 amide bonds. The largest absolute Gasteiger partial charge is 0.371 e. The van der Waals surface area contributed by atoms with Crippen LogP contribution in [0.5, 0.6) is 0 Å². The topological polar surface area (TPSA) is 35.2 Å². The highest BCUT2D eigenvalue weighted by Crippen LogP contribution is 2.31. The van der Waals surface area contributed by atoms with Gasteiger partial charge in [0.25, 0.3) is 0 Å². The molecule has 0 aromatic rings. The molecule has 2 heteroatoms. The molecule has 90 valence electrons. The van der Waals surface area contributed by atoms with E-state index >= 15 is 0 Å². The molecule has 2 N–H and O–H groups in total. The Balaban J connectivity index is 2.46. The predicted molar refractivity (Wildman–Crippen MR) is 64.9 cm³/mol. The second-order valence-electron chi connectivity index (χ2n) is 5.90. The van der Waals surface area contributed by atoms with E-state index in [0.29, 0.717) is 0 Å². The maximum atomic E-state index is 6.12. The van der Waals surface area contributed by atoms with Gasteiger partial charge in [-0.05, 0) is 46.0 Å². The van der Waals surface area contributed by atoms with Crippen LogP contribution in [0.1, 0.15) is 59.8 Å². The van der Waals surface area contributed by atoms with Crippen molar-refractivity contribution in [3.05, 3.63) is 0 Å². The summed E-state index contributed by atoms with van der Waals surface area (Å²) in [5, 5.41) is 0. The zero-order chi connectivity index (χ0) is 11.5.